The minimum Gasteiger partial charge on any atom is -0.497 e. The van der Waals surface area contributed by atoms with Gasteiger partial charge in [-0.25, -0.2) is 8.42 Å². The van der Waals surface area contributed by atoms with Crippen molar-refractivity contribution in [2.75, 3.05) is 27.3 Å². The van der Waals surface area contributed by atoms with Gasteiger partial charge in [0.25, 0.3) is 0 Å². The monoisotopic (exact) mass is 415 g/mol. The van der Waals surface area contributed by atoms with Gasteiger partial charge in [-0.1, -0.05) is 29.8 Å². The predicted molar refractivity (Wildman–Crippen MR) is 109 cm³/mol. The summed E-state index contributed by atoms with van der Waals surface area (Å²) in [5.41, 5.74) is 1.95. The summed E-state index contributed by atoms with van der Waals surface area (Å²) >= 11 is 0. The number of aryl methyl sites for hydroxylation is 1. The van der Waals surface area contributed by atoms with Gasteiger partial charge in [0.1, 0.15) is 16.4 Å². The van der Waals surface area contributed by atoms with Crippen LogP contribution >= 0.6 is 0 Å². The fourth-order valence-electron chi connectivity index (χ4n) is 3.58. The number of methoxy groups -OCH3 is 2. The molecule has 1 heterocycles. The van der Waals surface area contributed by atoms with Gasteiger partial charge >= 0.3 is 0 Å². The summed E-state index contributed by atoms with van der Waals surface area (Å²) in [4.78, 5) is 1.65. The van der Waals surface area contributed by atoms with Crippen LogP contribution in [-0.4, -0.2) is 51.0 Å². The second-order valence-corrected chi connectivity index (χ2v) is 8.90. The molecule has 1 unspecified atom stereocenters. The predicted octanol–water partition coefficient (Wildman–Crippen LogP) is 2.76. The molecule has 0 bridgehead atoms. The zero-order chi connectivity index (χ0) is 21.0. The van der Waals surface area contributed by atoms with Gasteiger partial charge in [-0.3, -0.25) is 0 Å². The normalized spacial score (nSPS) is 16.7. The van der Waals surface area contributed by atoms with Crippen molar-refractivity contribution >= 4 is 10.0 Å². The second-order valence-electron chi connectivity index (χ2n) is 7.04. The van der Waals surface area contributed by atoms with Crippen LogP contribution in [0.25, 0.3) is 0 Å². The van der Waals surface area contributed by atoms with E-state index in [0.29, 0.717) is 25.3 Å². The van der Waals surface area contributed by atoms with Crippen LogP contribution < -0.4 is 9.47 Å². The van der Waals surface area contributed by atoms with Gasteiger partial charge in [0.05, 0.1) is 14.2 Å². The highest BCUT2D eigenvalue weighted by molar-refractivity contribution is 7.89. The highest BCUT2D eigenvalue weighted by Crippen LogP contribution is 2.33. The van der Waals surface area contributed by atoms with Gasteiger partial charge in [0, 0.05) is 31.7 Å². The lowest BCUT2D eigenvalue weighted by Crippen LogP contribution is -2.41. The fraction of sp³-hybridized carbons (Fsp3) is 0.381. The molecule has 3 rings (SSSR count). The van der Waals surface area contributed by atoms with E-state index in [4.69, 9.17) is 9.47 Å². The zero-order valence-electron chi connectivity index (χ0n) is 16.8. The molecule has 29 heavy (non-hydrogen) atoms. The first-order chi connectivity index (χ1) is 13.9. The van der Waals surface area contributed by atoms with Crippen molar-refractivity contribution in [2.45, 2.75) is 30.8 Å². The number of sulfonamides is 1. The summed E-state index contributed by atoms with van der Waals surface area (Å²) in [6, 6.07) is 12.2. The maximum atomic E-state index is 13.7. The topological polar surface area (TPSA) is 82.9 Å². The molecule has 1 fully saturated rings. The lowest BCUT2D eigenvalue weighted by Gasteiger charge is -2.28. The van der Waals surface area contributed by atoms with Crippen molar-refractivity contribution in [3.05, 3.63) is 53.6 Å². The van der Waals surface area contributed by atoms with Crippen LogP contribution in [0.5, 0.6) is 11.5 Å². The van der Waals surface area contributed by atoms with E-state index in [2.05, 4.69) is 6.19 Å². The number of likely N-dealkylation sites (tertiary alicyclic amines) is 1. The number of hydrogen-bond acceptors (Lipinski definition) is 6. The first-order valence-electron chi connectivity index (χ1n) is 9.33. The fourth-order valence-corrected chi connectivity index (χ4v) is 5.39. The molecule has 8 heteroatoms. The van der Waals surface area contributed by atoms with E-state index in [1.165, 1.54) is 24.6 Å². The van der Waals surface area contributed by atoms with Crippen molar-refractivity contribution in [1.29, 1.82) is 5.26 Å². The van der Waals surface area contributed by atoms with Crippen molar-refractivity contribution in [3.8, 4) is 17.7 Å². The highest BCUT2D eigenvalue weighted by atomic mass is 32.2. The summed E-state index contributed by atoms with van der Waals surface area (Å²) in [6.45, 7) is 3.10. The second kappa shape index (κ2) is 8.72. The Morgan fingerprint density at radius 1 is 1.21 bits per heavy atom. The quantitative estimate of drug-likeness (QED) is 0.647. The molecule has 1 saturated heterocycles. The Morgan fingerprint density at radius 3 is 2.62 bits per heavy atom. The Bertz CT molecular complexity index is 1020. The highest BCUT2D eigenvalue weighted by Gasteiger charge is 2.37. The molecule has 154 valence electrons. The van der Waals surface area contributed by atoms with E-state index in [1.54, 1.807) is 17.0 Å². The molecule has 1 atom stereocenters. The van der Waals surface area contributed by atoms with E-state index in [0.717, 1.165) is 11.1 Å². The summed E-state index contributed by atoms with van der Waals surface area (Å²) < 4.78 is 39.5. The molecule has 0 aliphatic carbocycles. The summed E-state index contributed by atoms with van der Waals surface area (Å²) in [5.74, 6) is 0.695. The van der Waals surface area contributed by atoms with Crippen LogP contribution in [0.15, 0.2) is 47.4 Å². The minimum atomic E-state index is -3.91. The third-order valence-corrected chi connectivity index (χ3v) is 7.01. The van der Waals surface area contributed by atoms with Gasteiger partial charge in [-0.15, -0.1) is 0 Å². The van der Waals surface area contributed by atoms with E-state index < -0.39 is 10.0 Å². The number of hydrogen-bond donors (Lipinski definition) is 0. The molecule has 0 saturated carbocycles. The van der Waals surface area contributed by atoms with Crippen molar-refractivity contribution in [3.63, 3.8) is 0 Å². The molecule has 0 radical (unpaired) electrons. The molecule has 7 nitrogen and oxygen atoms in total. The molecule has 0 spiro atoms. The first kappa shape index (κ1) is 21.0. The lowest BCUT2D eigenvalue weighted by atomic mass is 10.1. The zero-order valence-corrected chi connectivity index (χ0v) is 17.6. The third kappa shape index (κ3) is 4.47. The molecule has 0 amide bonds. The van der Waals surface area contributed by atoms with Crippen LogP contribution in [0.4, 0.5) is 0 Å². The van der Waals surface area contributed by atoms with Gasteiger partial charge in [-0.05, 0) is 31.0 Å². The Kier molecular flexibility index (Phi) is 6.30. The van der Waals surface area contributed by atoms with Crippen LogP contribution in [0.2, 0.25) is 0 Å². The maximum Gasteiger partial charge on any atom is 0.247 e. The largest absolute Gasteiger partial charge is 0.497 e. The van der Waals surface area contributed by atoms with Gasteiger partial charge in [0.15, 0.2) is 6.19 Å². The summed E-state index contributed by atoms with van der Waals surface area (Å²) in [5, 5.41) is 9.23. The maximum absolute atomic E-state index is 13.7. The number of rotatable bonds is 7. The smallest absolute Gasteiger partial charge is 0.247 e. The third-order valence-electron chi connectivity index (χ3n) is 5.09. The number of benzene rings is 2. The van der Waals surface area contributed by atoms with Crippen molar-refractivity contribution in [1.82, 2.24) is 9.21 Å². The molecule has 0 N–H and O–H groups in total. The molecular formula is C21H25N3O4S. The molecular weight excluding hydrogens is 390 g/mol. The summed E-state index contributed by atoms with van der Waals surface area (Å²) in [7, 11) is -0.977. The average molecular weight is 416 g/mol. The van der Waals surface area contributed by atoms with E-state index >= 15 is 0 Å². The first-order valence-corrected chi connectivity index (χ1v) is 10.8. The number of nitriles is 1. The summed E-state index contributed by atoms with van der Waals surface area (Å²) in [6.07, 6.45) is 2.71. The Morgan fingerprint density at radius 2 is 2.00 bits per heavy atom. The van der Waals surface area contributed by atoms with Crippen molar-refractivity contribution in [2.24, 2.45) is 0 Å². The van der Waals surface area contributed by atoms with Crippen LogP contribution in [0.1, 0.15) is 17.5 Å². The van der Waals surface area contributed by atoms with Crippen LogP contribution in [0.3, 0.4) is 0 Å². The number of nitrogens with zero attached hydrogens (tertiary/aromatic N) is 3. The molecule has 2 aromatic carbocycles. The van der Waals surface area contributed by atoms with Gasteiger partial charge in [-0.2, -0.15) is 9.57 Å². The molecule has 2 aromatic rings. The van der Waals surface area contributed by atoms with E-state index in [1.807, 2.05) is 31.2 Å². The van der Waals surface area contributed by atoms with Crippen LogP contribution in [0, 0.1) is 18.4 Å². The minimum absolute atomic E-state index is 0.0578. The average Bonchev–Trinajstić information content (AvgIpc) is 3.20. The van der Waals surface area contributed by atoms with Crippen molar-refractivity contribution < 1.29 is 17.9 Å². The van der Waals surface area contributed by atoms with Crippen LogP contribution in [-0.2, 0) is 16.6 Å². The van der Waals surface area contributed by atoms with E-state index in [-0.39, 0.29) is 23.2 Å². The SMILES string of the molecule is COc1ccc(OC)c(S(=O)(=O)N(Cc2cccc(C)c2)C2CCN(C#N)C2)c1. The molecule has 0 aromatic heterocycles. The number of ether oxygens (including phenoxy) is 2. The Balaban J connectivity index is 2.06. The van der Waals surface area contributed by atoms with E-state index in [9.17, 15) is 13.7 Å². The Hall–Kier alpha value is -2.76. The lowest BCUT2D eigenvalue weighted by molar-refractivity contribution is 0.311. The Labute approximate surface area is 172 Å². The molecule has 1 aliphatic rings. The molecule has 1 aliphatic heterocycles. The van der Waals surface area contributed by atoms with Gasteiger partial charge in [0.2, 0.25) is 10.0 Å². The standard InChI is InChI=1S/C21H25N3O4S/c1-16-5-4-6-17(11-16)13-24(18-9-10-23(14-18)15-22)29(25,26)21-12-19(27-2)7-8-20(21)28-3/h4-8,11-12,18H,9-10,13-14H2,1-3H3. The van der Waals surface area contributed by atoms with Gasteiger partial charge < -0.3 is 14.4 Å².